The Morgan fingerprint density at radius 3 is 2.56 bits per heavy atom. The van der Waals surface area contributed by atoms with Gasteiger partial charge in [0.15, 0.2) is 5.92 Å². The lowest BCUT2D eigenvalue weighted by Gasteiger charge is -2.06. The number of nitrogens with zero attached hydrogens (tertiary/aromatic N) is 4. The summed E-state index contributed by atoms with van der Waals surface area (Å²) in [4.78, 5) is 16.7. The second-order valence-corrected chi connectivity index (χ2v) is 6.30. The maximum atomic E-state index is 13.9. The van der Waals surface area contributed by atoms with Gasteiger partial charge in [-0.05, 0) is 32.0 Å². The van der Waals surface area contributed by atoms with Crippen molar-refractivity contribution in [2.45, 2.75) is 19.8 Å². The highest BCUT2D eigenvalue weighted by Crippen LogP contribution is 2.30. The van der Waals surface area contributed by atoms with Gasteiger partial charge in [-0.25, -0.2) is 18.4 Å². The summed E-state index contributed by atoms with van der Waals surface area (Å²) in [6, 6.07) is 7.12. The zero-order valence-electron chi connectivity index (χ0n) is 13.3. The highest BCUT2D eigenvalue weighted by atomic mass is 32.1. The standard InChI is InChI=1S/C17H12F2N4OS/c1-9-6-10(2)23(22-9)17(24)11(7-20)16-21-14(8-25-16)15-12(18)4-3-5-13(15)19/h3-6,8,11H,1-2H3. The van der Waals surface area contributed by atoms with Gasteiger partial charge in [0.25, 0.3) is 5.91 Å². The van der Waals surface area contributed by atoms with Crippen LogP contribution in [0.1, 0.15) is 27.1 Å². The molecule has 5 nitrogen and oxygen atoms in total. The minimum absolute atomic E-state index is 0.0528. The highest BCUT2D eigenvalue weighted by molar-refractivity contribution is 7.10. The van der Waals surface area contributed by atoms with Crippen LogP contribution in [0.2, 0.25) is 0 Å². The summed E-state index contributed by atoms with van der Waals surface area (Å²) < 4.78 is 28.9. The first-order chi connectivity index (χ1) is 11.9. The predicted molar refractivity (Wildman–Crippen MR) is 88.1 cm³/mol. The number of rotatable bonds is 3. The fourth-order valence-corrected chi connectivity index (χ4v) is 3.31. The third kappa shape index (κ3) is 3.06. The normalized spacial score (nSPS) is 12.0. The van der Waals surface area contributed by atoms with Crippen LogP contribution in [-0.4, -0.2) is 20.7 Å². The molecule has 0 saturated carbocycles. The number of hydrogen-bond acceptors (Lipinski definition) is 5. The van der Waals surface area contributed by atoms with Crippen molar-refractivity contribution in [3.05, 3.63) is 57.7 Å². The first-order valence-electron chi connectivity index (χ1n) is 7.29. The quantitative estimate of drug-likeness (QED) is 0.713. The summed E-state index contributed by atoms with van der Waals surface area (Å²) >= 11 is 1.00. The highest BCUT2D eigenvalue weighted by Gasteiger charge is 2.28. The zero-order valence-corrected chi connectivity index (χ0v) is 14.1. The summed E-state index contributed by atoms with van der Waals surface area (Å²) in [6.07, 6.45) is 0. The van der Waals surface area contributed by atoms with Crippen molar-refractivity contribution >= 4 is 17.2 Å². The van der Waals surface area contributed by atoms with Crippen LogP contribution in [0, 0.1) is 36.8 Å². The molecular weight excluding hydrogens is 346 g/mol. The van der Waals surface area contributed by atoms with Gasteiger partial charge >= 0.3 is 0 Å². The molecule has 3 rings (SSSR count). The molecule has 1 aromatic carbocycles. The van der Waals surface area contributed by atoms with Crippen molar-refractivity contribution in [1.29, 1.82) is 5.26 Å². The Hall–Kier alpha value is -2.92. The van der Waals surface area contributed by atoms with E-state index in [0.717, 1.165) is 28.2 Å². The van der Waals surface area contributed by atoms with Crippen LogP contribution in [0.25, 0.3) is 11.3 Å². The number of hydrogen-bond donors (Lipinski definition) is 0. The topological polar surface area (TPSA) is 71.6 Å². The molecule has 1 unspecified atom stereocenters. The van der Waals surface area contributed by atoms with Gasteiger partial charge < -0.3 is 0 Å². The minimum Gasteiger partial charge on any atom is -0.271 e. The molecule has 3 aromatic rings. The Kier molecular flexibility index (Phi) is 4.42. The fourth-order valence-electron chi connectivity index (χ4n) is 2.47. The molecule has 1 atom stereocenters. The van der Waals surface area contributed by atoms with Crippen molar-refractivity contribution in [3.63, 3.8) is 0 Å². The van der Waals surface area contributed by atoms with Gasteiger partial charge in [-0.2, -0.15) is 10.4 Å². The van der Waals surface area contributed by atoms with E-state index in [4.69, 9.17) is 0 Å². The molecule has 0 bridgehead atoms. The Balaban J connectivity index is 1.99. The van der Waals surface area contributed by atoms with Gasteiger partial charge in [0.05, 0.1) is 23.0 Å². The van der Waals surface area contributed by atoms with E-state index < -0.39 is 23.5 Å². The van der Waals surface area contributed by atoms with Gasteiger partial charge in [-0.3, -0.25) is 4.79 Å². The molecule has 0 N–H and O–H groups in total. The molecule has 0 aliphatic rings. The number of aryl methyl sites for hydroxylation is 2. The number of aromatic nitrogens is 3. The Morgan fingerprint density at radius 1 is 1.32 bits per heavy atom. The molecule has 0 radical (unpaired) electrons. The van der Waals surface area contributed by atoms with E-state index in [1.165, 1.54) is 11.4 Å². The maximum absolute atomic E-state index is 13.9. The molecule has 2 aromatic heterocycles. The van der Waals surface area contributed by atoms with Crippen LogP contribution in [-0.2, 0) is 0 Å². The lowest BCUT2D eigenvalue weighted by Crippen LogP contribution is -2.21. The lowest BCUT2D eigenvalue weighted by molar-refractivity contribution is 0.0879. The monoisotopic (exact) mass is 358 g/mol. The number of thiazole rings is 1. The van der Waals surface area contributed by atoms with Crippen molar-refractivity contribution in [1.82, 2.24) is 14.8 Å². The Morgan fingerprint density at radius 2 is 2.00 bits per heavy atom. The number of halogens is 2. The summed E-state index contributed by atoms with van der Waals surface area (Å²) in [5.74, 6) is -3.26. The molecule has 2 heterocycles. The third-order valence-electron chi connectivity index (χ3n) is 3.58. The van der Waals surface area contributed by atoms with E-state index >= 15 is 0 Å². The molecule has 0 aliphatic carbocycles. The van der Waals surface area contributed by atoms with Crippen LogP contribution in [0.5, 0.6) is 0 Å². The van der Waals surface area contributed by atoms with Gasteiger partial charge in [0.2, 0.25) is 0 Å². The molecule has 0 spiro atoms. The number of nitriles is 1. The van der Waals surface area contributed by atoms with Crippen molar-refractivity contribution < 1.29 is 13.6 Å². The van der Waals surface area contributed by atoms with Crippen LogP contribution >= 0.6 is 11.3 Å². The first kappa shape index (κ1) is 16.9. The molecule has 0 saturated heterocycles. The summed E-state index contributed by atoms with van der Waals surface area (Å²) in [6.45, 7) is 3.44. The van der Waals surface area contributed by atoms with E-state index in [0.29, 0.717) is 11.4 Å². The van der Waals surface area contributed by atoms with E-state index in [1.807, 2.05) is 6.07 Å². The minimum atomic E-state index is -1.20. The number of benzene rings is 1. The summed E-state index contributed by atoms with van der Waals surface area (Å²) in [5, 5.41) is 15.1. The summed E-state index contributed by atoms with van der Waals surface area (Å²) in [5.41, 5.74) is 1.02. The molecule has 8 heteroatoms. The van der Waals surface area contributed by atoms with Crippen molar-refractivity contribution in [2.24, 2.45) is 0 Å². The predicted octanol–water partition coefficient (Wildman–Crippen LogP) is 3.85. The average Bonchev–Trinajstić information content (AvgIpc) is 3.14. The Labute approximate surface area is 146 Å². The van der Waals surface area contributed by atoms with Crippen LogP contribution in [0.15, 0.2) is 29.6 Å². The molecular formula is C17H12F2N4OS. The first-order valence-corrected chi connectivity index (χ1v) is 8.17. The van der Waals surface area contributed by atoms with Gasteiger partial charge in [0.1, 0.15) is 16.6 Å². The second-order valence-electron chi connectivity index (χ2n) is 5.41. The molecule has 0 fully saturated rings. The fraction of sp³-hybridized carbons (Fsp3) is 0.176. The number of carbonyl (C=O) groups excluding carboxylic acids is 1. The molecule has 25 heavy (non-hydrogen) atoms. The summed E-state index contributed by atoms with van der Waals surface area (Å²) in [7, 11) is 0. The van der Waals surface area contributed by atoms with Gasteiger partial charge in [0, 0.05) is 11.1 Å². The van der Waals surface area contributed by atoms with Crippen LogP contribution in [0.4, 0.5) is 8.78 Å². The van der Waals surface area contributed by atoms with Gasteiger partial charge in [-0.1, -0.05) is 6.07 Å². The van der Waals surface area contributed by atoms with E-state index in [-0.39, 0.29) is 16.3 Å². The Bertz CT molecular complexity index is 982. The third-order valence-corrected chi connectivity index (χ3v) is 4.49. The SMILES string of the molecule is Cc1cc(C)n(C(=O)C(C#N)c2nc(-c3c(F)cccc3F)cs2)n1. The van der Waals surface area contributed by atoms with E-state index in [9.17, 15) is 18.8 Å². The van der Waals surface area contributed by atoms with Crippen LogP contribution in [0.3, 0.4) is 0 Å². The van der Waals surface area contributed by atoms with E-state index in [1.54, 1.807) is 19.9 Å². The zero-order chi connectivity index (χ0) is 18.1. The van der Waals surface area contributed by atoms with Gasteiger partial charge in [-0.15, -0.1) is 11.3 Å². The van der Waals surface area contributed by atoms with E-state index in [2.05, 4.69) is 10.1 Å². The molecule has 0 aliphatic heterocycles. The van der Waals surface area contributed by atoms with Crippen molar-refractivity contribution in [2.75, 3.05) is 0 Å². The molecule has 0 amide bonds. The molecule has 126 valence electrons. The second kappa shape index (κ2) is 6.53. The lowest BCUT2D eigenvalue weighted by atomic mass is 10.1. The number of carbonyl (C=O) groups is 1. The largest absolute Gasteiger partial charge is 0.271 e. The smallest absolute Gasteiger partial charge is 0.271 e. The van der Waals surface area contributed by atoms with Crippen LogP contribution < -0.4 is 0 Å². The maximum Gasteiger partial charge on any atom is 0.271 e. The average molecular weight is 358 g/mol. The van der Waals surface area contributed by atoms with Crippen molar-refractivity contribution in [3.8, 4) is 17.3 Å².